The van der Waals surface area contributed by atoms with Gasteiger partial charge < -0.3 is 20.6 Å². The minimum atomic E-state index is -0.966. The molecule has 7 heteroatoms. The van der Waals surface area contributed by atoms with Gasteiger partial charge in [-0.15, -0.1) is 0 Å². The number of hydrogen-bond acceptors (Lipinski definition) is 3. The Hall–Kier alpha value is -1.79. The number of piperazine rings is 1. The standard InChI is InChI=1S/C8H13N3O4/c12-6-5-11(4-3-9-6)8(15)10-2-1-7(13)14/h1-5H2,(H,9,12)(H,10,15)(H,13,14). The molecule has 15 heavy (non-hydrogen) atoms. The van der Waals surface area contributed by atoms with Gasteiger partial charge >= 0.3 is 12.0 Å². The Morgan fingerprint density at radius 3 is 2.87 bits per heavy atom. The minimum Gasteiger partial charge on any atom is -0.481 e. The number of aliphatic carboxylic acids is 1. The minimum absolute atomic E-state index is 0.0267. The molecule has 3 amide bonds. The highest BCUT2D eigenvalue weighted by Crippen LogP contribution is 1.93. The van der Waals surface area contributed by atoms with Gasteiger partial charge in [0, 0.05) is 19.6 Å². The fourth-order valence-electron chi connectivity index (χ4n) is 1.20. The van der Waals surface area contributed by atoms with Gasteiger partial charge in [0.25, 0.3) is 0 Å². The van der Waals surface area contributed by atoms with Gasteiger partial charge in [0.2, 0.25) is 5.91 Å². The topological polar surface area (TPSA) is 98.7 Å². The zero-order valence-corrected chi connectivity index (χ0v) is 8.15. The van der Waals surface area contributed by atoms with Crippen LogP contribution in [0.2, 0.25) is 0 Å². The van der Waals surface area contributed by atoms with Crippen LogP contribution in [0.5, 0.6) is 0 Å². The lowest BCUT2D eigenvalue weighted by atomic mass is 10.3. The summed E-state index contributed by atoms with van der Waals surface area (Å²) in [6.45, 7) is 0.987. The number of nitrogens with zero attached hydrogens (tertiary/aromatic N) is 1. The van der Waals surface area contributed by atoms with Crippen molar-refractivity contribution >= 4 is 17.9 Å². The lowest BCUT2D eigenvalue weighted by Gasteiger charge is -2.26. The van der Waals surface area contributed by atoms with Crippen LogP contribution in [0, 0.1) is 0 Å². The Morgan fingerprint density at radius 1 is 1.53 bits per heavy atom. The number of carbonyl (C=O) groups excluding carboxylic acids is 2. The van der Waals surface area contributed by atoms with Crippen LogP contribution >= 0.6 is 0 Å². The number of urea groups is 1. The fourth-order valence-corrected chi connectivity index (χ4v) is 1.20. The van der Waals surface area contributed by atoms with E-state index in [-0.39, 0.29) is 25.4 Å². The maximum absolute atomic E-state index is 11.4. The van der Waals surface area contributed by atoms with Crippen molar-refractivity contribution in [1.29, 1.82) is 0 Å². The third-order valence-corrected chi connectivity index (χ3v) is 1.94. The van der Waals surface area contributed by atoms with Gasteiger partial charge in [-0.2, -0.15) is 0 Å². The molecule has 0 saturated carbocycles. The van der Waals surface area contributed by atoms with Crippen molar-refractivity contribution in [2.24, 2.45) is 0 Å². The molecule has 0 radical (unpaired) electrons. The van der Waals surface area contributed by atoms with Crippen molar-refractivity contribution in [3.05, 3.63) is 0 Å². The Balaban J connectivity index is 2.27. The smallest absolute Gasteiger partial charge is 0.317 e. The van der Waals surface area contributed by atoms with Crippen LogP contribution in [0.1, 0.15) is 6.42 Å². The van der Waals surface area contributed by atoms with E-state index < -0.39 is 12.0 Å². The van der Waals surface area contributed by atoms with Crippen LogP contribution in [-0.4, -0.2) is 54.1 Å². The zero-order valence-electron chi connectivity index (χ0n) is 8.15. The molecule has 1 heterocycles. The first-order valence-corrected chi connectivity index (χ1v) is 4.61. The second-order valence-electron chi connectivity index (χ2n) is 3.15. The number of rotatable bonds is 3. The Labute approximate surface area is 86.4 Å². The van der Waals surface area contributed by atoms with Crippen LogP contribution < -0.4 is 10.6 Å². The summed E-state index contributed by atoms with van der Waals surface area (Å²) in [7, 11) is 0. The maximum atomic E-state index is 11.4. The van der Waals surface area contributed by atoms with E-state index in [2.05, 4.69) is 10.6 Å². The first kappa shape index (κ1) is 11.3. The van der Waals surface area contributed by atoms with E-state index in [1.165, 1.54) is 4.90 Å². The third kappa shape index (κ3) is 3.84. The number of carboxylic acid groups (broad SMARTS) is 1. The van der Waals surface area contributed by atoms with Gasteiger partial charge in [0.1, 0.15) is 6.54 Å². The van der Waals surface area contributed by atoms with E-state index >= 15 is 0 Å². The summed E-state index contributed by atoms with van der Waals surface area (Å²) in [6.07, 6.45) is -0.119. The summed E-state index contributed by atoms with van der Waals surface area (Å²) >= 11 is 0. The average molecular weight is 215 g/mol. The van der Waals surface area contributed by atoms with E-state index in [4.69, 9.17) is 5.11 Å². The molecule has 1 rings (SSSR count). The maximum Gasteiger partial charge on any atom is 0.317 e. The number of nitrogens with one attached hydrogen (secondary N) is 2. The van der Waals surface area contributed by atoms with Gasteiger partial charge in [0.15, 0.2) is 0 Å². The number of amides is 3. The van der Waals surface area contributed by atoms with Crippen molar-refractivity contribution < 1.29 is 19.5 Å². The molecule has 3 N–H and O–H groups in total. The number of carbonyl (C=O) groups is 3. The Morgan fingerprint density at radius 2 is 2.27 bits per heavy atom. The van der Waals surface area contributed by atoms with Gasteiger partial charge in [-0.05, 0) is 0 Å². The van der Waals surface area contributed by atoms with Crippen LogP contribution in [0.4, 0.5) is 4.79 Å². The first-order chi connectivity index (χ1) is 7.09. The van der Waals surface area contributed by atoms with E-state index in [0.29, 0.717) is 13.1 Å². The quantitative estimate of drug-likeness (QED) is 0.539. The highest BCUT2D eigenvalue weighted by atomic mass is 16.4. The molecule has 0 bridgehead atoms. The fraction of sp³-hybridized carbons (Fsp3) is 0.625. The number of carboxylic acids is 1. The van der Waals surface area contributed by atoms with Gasteiger partial charge in [-0.25, -0.2) is 4.79 Å². The molecule has 1 saturated heterocycles. The van der Waals surface area contributed by atoms with Crippen molar-refractivity contribution in [2.45, 2.75) is 6.42 Å². The number of hydrogen-bond donors (Lipinski definition) is 3. The molecule has 1 aliphatic heterocycles. The molecule has 7 nitrogen and oxygen atoms in total. The molecule has 0 aliphatic carbocycles. The van der Waals surface area contributed by atoms with Crippen molar-refractivity contribution in [1.82, 2.24) is 15.5 Å². The van der Waals surface area contributed by atoms with Gasteiger partial charge in [-0.1, -0.05) is 0 Å². The largest absolute Gasteiger partial charge is 0.481 e. The molecule has 84 valence electrons. The Kier molecular flexibility index (Phi) is 3.90. The van der Waals surface area contributed by atoms with Gasteiger partial charge in [-0.3, -0.25) is 9.59 Å². The van der Waals surface area contributed by atoms with Gasteiger partial charge in [0.05, 0.1) is 6.42 Å². The van der Waals surface area contributed by atoms with Crippen molar-refractivity contribution in [3.8, 4) is 0 Å². The molecule has 0 aromatic rings. The lowest BCUT2D eigenvalue weighted by molar-refractivity contribution is -0.136. The molecule has 1 fully saturated rings. The van der Waals surface area contributed by atoms with Crippen LogP contribution in [0.25, 0.3) is 0 Å². The van der Waals surface area contributed by atoms with Crippen molar-refractivity contribution in [2.75, 3.05) is 26.2 Å². The highest BCUT2D eigenvalue weighted by Gasteiger charge is 2.20. The average Bonchev–Trinajstić information content (AvgIpc) is 2.17. The zero-order chi connectivity index (χ0) is 11.3. The molecular weight excluding hydrogens is 202 g/mol. The lowest BCUT2D eigenvalue weighted by Crippen LogP contribution is -2.53. The van der Waals surface area contributed by atoms with E-state index in [1.807, 2.05) is 0 Å². The first-order valence-electron chi connectivity index (χ1n) is 4.61. The van der Waals surface area contributed by atoms with E-state index in [9.17, 15) is 14.4 Å². The second-order valence-corrected chi connectivity index (χ2v) is 3.15. The van der Waals surface area contributed by atoms with Crippen LogP contribution in [0.15, 0.2) is 0 Å². The summed E-state index contributed by atoms with van der Waals surface area (Å²) in [6, 6.07) is -0.397. The summed E-state index contributed by atoms with van der Waals surface area (Å²) in [5, 5.41) is 13.4. The summed E-state index contributed by atoms with van der Waals surface area (Å²) in [5.74, 6) is -1.17. The molecule has 0 unspecified atom stereocenters. The molecule has 0 atom stereocenters. The molecule has 0 aromatic carbocycles. The van der Waals surface area contributed by atoms with Crippen molar-refractivity contribution in [3.63, 3.8) is 0 Å². The third-order valence-electron chi connectivity index (χ3n) is 1.94. The molecule has 1 aliphatic rings. The monoisotopic (exact) mass is 215 g/mol. The highest BCUT2D eigenvalue weighted by molar-refractivity contribution is 5.85. The summed E-state index contributed by atoms with van der Waals surface area (Å²) in [4.78, 5) is 33.8. The molecule has 0 spiro atoms. The normalized spacial score (nSPS) is 15.7. The second kappa shape index (κ2) is 5.18. The van der Waals surface area contributed by atoms with E-state index in [1.54, 1.807) is 0 Å². The van der Waals surface area contributed by atoms with E-state index in [0.717, 1.165) is 0 Å². The van der Waals surface area contributed by atoms with Crippen LogP contribution in [-0.2, 0) is 9.59 Å². The SMILES string of the molecule is O=C(O)CCNC(=O)N1CCNC(=O)C1. The van der Waals surface area contributed by atoms with Crippen LogP contribution in [0.3, 0.4) is 0 Å². The molecule has 0 aromatic heterocycles. The summed E-state index contributed by atoms with van der Waals surface area (Å²) < 4.78 is 0. The summed E-state index contributed by atoms with van der Waals surface area (Å²) in [5.41, 5.74) is 0. The molecular formula is C8H13N3O4. The predicted molar refractivity (Wildman–Crippen MR) is 50.2 cm³/mol. The Bertz CT molecular complexity index is 279. The predicted octanol–water partition coefficient (Wildman–Crippen LogP) is -1.40.